The summed E-state index contributed by atoms with van der Waals surface area (Å²) in [5.74, 6) is -0.973. The van der Waals surface area contributed by atoms with Crippen LogP contribution in [0.1, 0.15) is 0 Å². The summed E-state index contributed by atoms with van der Waals surface area (Å²) in [6, 6.07) is 7.65. The fourth-order valence-corrected chi connectivity index (χ4v) is 2.80. The lowest BCUT2D eigenvalue weighted by molar-refractivity contribution is 0.141. The minimum Gasteiger partial charge on any atom is -0.500 e. The summed E-state index contributed by atoms with van der Waals surface area (Å²) in [4.78, 5) is 0. The van der Waals surface area contributed by atoms with Gasteiger partial charge >= 0.3 is 0 Å². The highest BCUT2D eigenvalue weighted by Gasteiger charge is 2.64. The van der Waals surface area contributed by atoms with E-state index in [4.69, 9.17) is 4.74 Å². The number of nitriles is 4. The van der Waals surface area contributed by atoms with Gasteiger partial charge in [0, 0.05) is 5.92 Å². The molecule has 2 atom stereocenters. The van der Waals surface area contributed by atoms with Crippen molar-refractivity contribution >= 4 is 0 Å². The normalized spacial score (nSPS) is 27.8. The molecule has 3 rings (SSSR count). The largest absolute Gasteiger partial charge is 0.500 e. The number of ether oxygens (including phenoxy) is 1. The van der Waals surface area contributed by atoms with Gasteiger partial charge in [0.2, 0.25) is 0 Å². The first-order valence-corrected chi connectivity index (χ1v) is 5.91. The van der Waals surface area contributed by atoms with Crippen LogP contribution < -0.4 is 0 Å². The number of hydrogen-bond acceptors (Lipinski definition) is 5. The van der Waals surface area contributed by atoms with Gasteiger partial charge in [0.05, 0.1) is 37.3 Å². The highest BCUT2D eigenvalue weighted by atomic mass is 16.5. The van der Waals surface area contributed by atoms with Crippen molar-refractivity contribution in [1.29, 1.82) is 21.0 Å². The van der Waals surface area contributed by atoms with Crippen molar-refractivity contribution in [3.05, 3.63) is 36.1 Å². The molecule has 0 amide bonds. The first kappa shape index (κ1) is 13.4. The van der Waals surface area contributed by atoms with Crippen LogP contribution in [0.15, 0.2) is 36.1 Å². The maximum atomic E-state index is 9.58. The van der Waals surface area contributed by atoms with Crippen LogP contribution in [-0.4, -0.2) is 7.11 Å². The van der Waals surface area contributed by atoms with Gasteiger partial charge in [0.15, 0.2) is 10.8 Å². The molecule has 0 aliphatic heterocycles. The molecule has 0 radical (unpaired) electrons. The average molecular weight is 262 g/mol. The molecule has 3 aliphatic carbocycles. The van der Waals surface area contributed by atoms with Gasteiger partial charge in [-0.1, -0.05) is 24.3 Å². The molecule has 0 saturated carbocycles. The summed E-state index contributed by atoms with van der Waals surface area (Å²) >= 11 is 0. The lowest BCUT2D eigenvalue weighted by Gasteiger charge is -2.43. The zero-order valence-electron chi connectivity index (χ0n) is 10.7. The zero-order valence-corrected chi connectivity index (χ0v) is 10.7. The summed E-state index contributed by atoms with van der Waals surface area (Å²) in [6.45, 7) is 0. The smallest absolute Gasteiger partial charge is 0.189 e. The second-order valence-corrected chi connectivity index (χ2v) is 4.61. The monoisotopic (exact) mass is 262 g/mol. The van der Waals surface area contributed by atoms with Crippen LogP contribution in [0.3, 0.4) is 0 Å². The summed E-state index contributed by atoms with van der Waals surface area (Å²) < 4.78 is 5.23. The maximum Gasteiger partial charge on any atom is 0.189 e. The summed E-state index contributed by atoms with van der Waals surface area (Å²) in [5, 5.41) is 38.2. The van der Waals surface area contributed by atoms with Gasteiger partial charge < -0.3 is 4.74 Å². The van der Waals surface area contributed by atoms with Gasteiger partial charge in [-0.15, -0.1) is 0 Å². The summed E-state index contributed by atoms with van der Waals surface area (Å²) in [7, 11) is 1.43. The molecule has 0 unspecified atom stereocenters. The first-order valence-electron chi connectivity index (χ1n) is 5.91. The van der Waals surface area contributed by atoms with Crippen molar-refractivity contribution in [1.82, 2.24) is 0 Å². The van der Waals surface area contributed by atoms with E-state index < -0.39 is 22.7 Å². The predicted octanol–water partition coefficient (Wildman–Crippen LogP) is 1.96. The van der Waals surface area contributed by atoms with Crippen molar-refractivity contribution in [2.75, 3.05) is 7.11 Å². The van der Waals surface area contributed by atoms with E-state index in [1.54, 1.807) is 30.4 Å². The predicted molar refractivity (Wildman–Crippen MR) is 67.7 cm³/mol. The molecule has 0 heterocycles. The van der Waals surface area contributed by atoms with Gasteiger partial charge in [0.25, 0.3) is 0 Å². The van der Waals surface area contributed by atoms with Gasteiger partial charge in [-0.2, -0.15) is 21.0 Å². The maximum absolute atomic E-state index is 9.58. The van der Waals surface area contributed by atoms with E-state index in [0.717, 1.165) is 0 Å². The van der Waals surface area contributed by atoms with Gasteiger partial charge in [-0.25, -0.2) is 0 Å². The Kier molecular flexibility index (Phi) is 3.07. The van der Waals surface area contributed by atoms with Crippen molar-refractivity contribution in [2.45, 2.75) is 0 Å². The third-order valence-electron chi connectivity index (χ3n) is 3.93. The van der Waals surface area contributed by atoms with E-state index in [0.29, 0.717) is 5.76 Å². The average Bonchev–Trinajstić information content (AvgIpc) is 2.47. The number of hydrogen-bond donors (Lipinski definition) is 0. The molecule has 2 bridgehead atoms. The molecule has 0 N–H and O–H groups in total. The third kappa shape index (κ3) is 1.33. The zero-order chi connectivity index (χ0) is 14.8. The van der Waals surface area contributed by atoms with Gasteiger partial charge in [-0.05, 0) is 6.08 Å². The second kappa shape index (κ2) is 4.58. The Hall–Kier alpha value is -3.02. The van der Waals surface area contributed by atoms with Crippen LogP contribution in [0.25, 0.3) is 0 Å². The Labute approximate surface area is 116 Å². The molecule has 0 fully saturated rings. The Balaban J connectivity index is 2.87. The molecule has 20 heavy (non-hydrogen) atoms. The Bertz CT molecular complexity index is 659. The molecule has 0 aromatic carbocycles. The molecule has 0 aromatic rings. The van der Waals surface area contributed by atoms with E-state index >= 15 is 0 Å². The fourth-order valence-electron chi connectivity index (χ4n) is 2.80. The number of methoxy groups -OCH3 is 1. The molecule has 5 nitrogen and oxygen atoms in total. The Morgan fingerprint density at radius 1 is 0.950 bits per heavy atom. The van der Waals surface area contributed by atoms with Gasteiger partial charge in [-0.3, -0.25) is 0 Å². The summed E-state index contributed by atoms with van der Waals surface area (Å²) in [5.41, 5.74) is -3.56. The molecule has 0 aromatic heterocycles. The minimum atomic E-state index is -1.80. The van der Waals surface area contributed by atoms with Crippen LogP contribution in [0.2, 0.25) is 0 Å². The van der Waals surface area contributed by atoms with Crippen LogP contribution in [0, 0.1) is 68.0 Å². The van der Waals surface area contributed by atoms with Crippen molar-refractivity contribution in [3.63, 3.8) is 0 Å². The van der Waals surface area contributed by atoms with Crippen LogP contribution in [0.5, 0.6) is 0 Å². The number of rotatable bonds is 1. The van der Waals surface area contributed by atoms with E-state index in [1.165, 1.54) is 7.11 Å². The Morgan fingerprint density at radius 3 is 2.05 bits per heavy atom. The lowest BCUT2D eigenvalue weighted by Crippen LogP contribution is -2.50. The van der Waals surface area contributed by atoms with Crippen molar-refractivity contribution < 1.29 is 4.74 Å². The van der Waals surface area contributed by atoms with Crippen molar-refractivity contribution in [3.8, 4) is 24.3 Å². The van der Waals surface area contributed by atoms with Crippen LogP contribution in [-0.2, 0) is 4.74 Å². The van der Waals surface area contributed by atoms with Crippen LogP contribution >= 0.6 is 0 Å². The molecular weight excluding hydrogens is 252 g/mol. The van der Waals surface area contributed by atoms with Crippen LogP contribution in [0.4, 0.5) is 0 Å². The third-order valence-corrected chi connectivity index (χ3v) is 3.93. The minimum absolute atomic E-state index is 0.383. The van der Waals surface area contributed by atoms with E-state index in [9.17, 15) is 21.0 Å². The SMILES string of the molecule is COC1=CC=C[C@@H]2C=C[C@@H]1C(C#N)(C#N)C2(C#N)C#N. The Morgan fingerprint density at radius 2 is 1.55 bits per heavy atom. The van der Waals surface area contributed by atoms with E-state index in [2.05, 4.69) is 0 Å². The lowest BCUT2D eigenvalue weighted by atomic mass is 9.51. The second-order valence-electron chi connectivity index (χ2n) is 4.61. The highest BCUT2D eigenvalue weighted by molar-refractivity contribution is 5.48. The number of allylic oxidation sites excluding steroid dienone is 5. The first-order chi connectivity index (χ1) is 9.65. The van der Waals surface area contributed by atoms with Crippen molar-refractivity contribution in [2.24, 2.45) is 22.7 Å². The molecule has 0 spiro atoms. The quantitative estimate of drug-likeness (QED) is 0.671. The molecule has 5 heteroatoms. The highest BCUT2D eigenvalue weighted by Crippen LogP contribution is 2.56. The number of nitrogens with zero attached hydrogens (tertiary/aromatic N) is 4. The standard InChI is InChI=1S/C15H10N4O/c1-20-13-4-2-3-11-5-6-12(13)15(9-18,10-19)14(11,7-16)8-17/h2-6,11-12H,1H3/t11-,12+/m1/s1. The molecule has 96 valence electrons. The molecule has 0 saturated heterocycles. The summed E-state index contributed by atoms with van der Waals surface area (Å²) in [6.07, 6.45) is 8.33. The fraction of sp³-hybridized carbons (Fsp3) is 0.333. The number of fused-ring (bicyclic) bond motifs is 2. The van der Waals surface area contributed by atoms with E-state index in [1.807, 2.05) is 24.3 Å². The topological polar surface area (TPSA) is 104 Å². The molecule has 3 aliphatic rings. The van der Waals surface area contributed by atoms with E-state index in [-0.39, 0.29) is 0 Å². The molecular formula is C15H10N4O. The van der Waals surface area contributed by atoms with Gasteiger partial charge in [0.1, 0.15) is 5.76 Å².